The molecule has 0 aromatic heterocycles. The van der Waals surface area contributed by atoms with E-state index in [9.17, 15) is 5.11 Å². The first-order valence-corrected chi connectivity index (χ1v) is 7.41. The molecule has 1 fully saturated rings. The number of fused-ring (bicyclic) bond motifs is 2. The van der Waals surface area contributed by atoms with Gasteiger partial charge in [0.1, 0.15) is 0 Å². The number of nitrogens with zero attached hydrogens (tertiary/aromatic N) is 2. The van der Waals surface area contributed by atoms with Crippen molar-refractivity contribution in [2.45, 2.75) is 25.1 Å². The largest absolute Gasteiger partial charge is 0.369 e. The van der Waals surface area contributed by atoms with Gasteiger partial charge in [-0.3, -0.25) is 0 Å². The van der Waals surface area contributed by atoms with Gasteiger partial charge in [0.2, 0.25) is 0 Å². The third-order valence-electron chi connectivity index (χ3n) is 3.59. The first-order chi connectivity index (χ1) is 8.49. The quantitative estimate of drug-likeness (QED) is 0.807. The number of para-hydroxylation sites is 1. The molecule has 6 heteroatoms. The molecular weight excluding hydrogens is 303 g/mol. The van der Waals surface area contributed by atoms with Crippen molar-refractivity contribution in [1.82, 2.24) is 4.90 Å². The molecule has 1 atom stereocenters. The summed E-state index contributed by atoms with van der Waals surface area (Å²) in [7, 11) is 0. The predicted octanol–water partition coefficient (Wildman–Crippen LogP) is 3.32. The van der Waals surface area contributed by atoms with Gasteiger partial charge in [-0.2, -0.15) is 0 Å². The van der Waals surface area contributed by atoms with E-state index in [1.165, 1.54) is 0 Å². The van der Waals surface area contributed by atoms with E-state index in [-0.39, 0.29) is 23.8 Å². The third-order valence-corrected chi connectivity index (χ3v) is 5.16. The SMILES string of the molecule is CC1(C)c2ccccc2N=C2SCC(O)(CCl)N21.Cl. The zero-order valence-electron chi connectivity index (χ0n) is 10.8. The topological polar surface area (TPSA) is 35.8 Å². The average molecular weight is 319 g/mol. The molecule has 2 aliphatic rings. The Bertz CT molecular complexity index is 535. The summed E-state index contributed by atoms with van der Waals surface area (Å²) in [6.45, 7) is 4.20. The zero-order valence-corrected chi connectivity index (χ0v) is 13.1. The number of hydrogen-bond acceptors (Lipinski definition) is 4. The number of aliphatic hydroxyl groups is 1. The smallest absolute Gasteiger partial charge is 0.167 e. The van der Waals surface area contributed by atoms with Crippen molar-refractivity contribution in [2.75, 3.05) is 11.6 Å². The maximum atomic E-state index is 10.6. The Labute approximate surface area is 128 Å². The summed E-state index contributed by atoms with van der Waals surface area (Å²) in [4.78, 5) is 6.59. The van der Waals surface area contributed by atoms with Crippen molar-refractivity contribution in [3.8, 4) is 0 Å². The second-order valence-corrected chi connectivity index (χ2v) is 6.42. The molecule has 19 heavy (non-hydrogen) atoms. The summed E-state index contributed by atoms with van der Waals surface area (Å²) < 4.78 is 0. The van der Waals surface area contributed by atoms with Gasteiger partial charge < -0.3 is 10.0 Å². The van der Waals surface area contributed by atoms with E-state index in [0.29, 0.717) is 5.75 Å². The molecule has 1 aromatic rings. The Morgan fingerprint density at radius 2 is 2.11 bits per heavy atom. The molecule has 1 unspecified atom stereocenters. The van der Waals surface area contributed by atoms with Crippen molar-refractivity contribution in [3.05, 3.63) is 29.8 Å². The van der Waals surface area contributed by atoms with Crippen LogP contribution in [0.15, 0.2) is 29.3 Å². The number of amidine groups is 1. The summed E-state index contributed by atoms with van der Waals surface area (Å²) in [6, 6.07) is 8.07. The number of aliphatic imine (C=N–C) groups is 1. The Morgan fingerprint density at radius 1 is 1.42 bits per heavy atom. The molecule has 0 saturated carbocycles. The highest BCUT2D eigenvalue weighted by Gasteiger charge is 2.52. The molecule has 1 N–H and O–H groups in total. The standard InChI is InChI=1S/C13H15ClN2OS.ClH/c1-12(2)9-5-3-4-6-10(9)15-11-16(12)13(17,7-14)8-18-11;/h3-6,17H,7-8H2,1-2H3;1H. The lowest BCUT2D eigenvalue weighted by atomic mass is 9.88. The van der Waals surface area contributed by atoms with Crippen molar-refractivity contribution in [3.63, 3.8) is 0 Å². The van der Waals surface area contributed by atoms with E-state index in [1.54, 1.807) is 11.8 Å². The second-order valence-electron chi connectivity index (χ2n) is 5.21. The highest BCUT2D eigenvalue weighted by molar-refractivity contribution is 8.14. The predicted molar refractivity (Wildman–Crippen MR) is 83.8 cm³/mol. The highest BCUT2D eigenvalue weighted by Crippen LogP contribution is 2.48. The molecule has 0 aliphatic carbocycles. The van der Waals surface area contributed by atoms with E-state index < -0.39 is 5.72 Å². The van der Waals surface area contributed by atoms with Crippen LogP contribution < -0.4 is 0 Å². The van der Waals surface area contributed by atoms with Crippen LogP contribution in [0.25, 0.3) is 0 Å². The average Bonchev–Trinajstić information content (AvgIpc) is 2.69. The van der Waals surface area contributed by atoms with Gasteiger partial charge in [-0.25, -0.2) is 4.99 Å². The van der Waals surface area contributed by atoms with Crippen LogP contribution in [0.3, 0.4) is 0 Å². The van der Waals surface area contributed by atoms with Crippen LogP contribution >= 0.6 is 35.8 Å². The molecule has 0 radical (unpaired) electrons. The molecule has 3 nitrogen and oxygen atoms in total. The van der Waals surface area contributed by atoms with Crippen molar-refractivity contribution < 1.29 is 5.11 Å². The van der Waals surface area contributed by atoms with E-state index in [1.807, 2.05) is 23.1 Å². The molecule has 0 amide bonds. The van der Waals surface area contributed by atoms with Crippen molar-refractivity contribution >= 4 is 46.6 Å². The van der Waals surface area contributed by atoms with E-state index in [0.717, 1.165) is 16.4 Å². The van der Waals surface area contributed by atoms with Gasteiger partial charge in [0, 0.05) is 5.56 Å². The van der Waals surface area contributed by atoms with Gasteiger partial charge in [0.15, 0.2) is 10.9 Å². The van der Waals surface area contributed by atoms with Gasteiger partial charge in [-0.1, -0.05) is 30.0 Å². The molecule has 1 aromatic carbocycles. The minimum absolute atomic E-state index is 0. The monoisotopic (exact) mass is 318 g/mol. The minimum atomic E-state index is -1.01. The maximum absolute atomic E-state index is 10.6. The summed E-state index contributed by atoms with van der Waals surface area (Å²) in [5.74, 6) is 0.747. The fourth-order valence-corrected chi connectivity index (χ4v) is 4.35. The van der Waals surface area contributed by atoms with Gasteiger partial charge in [0.05, 0.1) is 22.9 Å². The molecular formula is C13H16Cl2N2OS. The Balaban J connectivity index is 0.00000133. The summed E-state index contributed by atoms with van der Waals surface area (Å²) in [5, 5.41) is 11.5. The fourth-order valence-electron chi connectivity index (χ4n) is 2.74. The minimum Gasteiger partial charge on any atom is -0.369 e. The number of alkyl halides is 1. The third kappa shape index (κ3) is 2.05. The number of thioether (sulfide) groups is 1. The number of hydrogen-bond donors (Lipinski definition) is 1. The van der Waals surface area contributed by atoms with Crippen molar-refractivity contribution in [2.24, 2.45) is 4.99 Å². The van der Waals surface area contributed by atoms with E-state index in [4.69, 9.17) is 11.6 Å². The van der Waals surface area contributed by atoms with Gasteiger partial charge in [0.25, 0.3) is 0 Å². The Kier molecular flexibility index (Phi) is 3.82. The molecule has 3 rings (SSSR count). The molecule has 0 bridgehead atoms. The fraction of sp³-hybridized carbons (Fsp3) is 0.462. The number of rotatable bonds is 1. The van der Waals surface area contributed by atoms with Crippen LogP contribution in [-0.2, 0) is 5.54 Å². The Hall–Kier alpha value is -0.420. The summed E-state index contributed by atoms with van der Waals surface area (Å²) in [6.07, 6.45) is 0. The Morgan fingerprint density at radius 3 is 2.79 bits per heavy atom. The first-order valence-electron chi connectivity index (χ1n) is 5.89. The molecule has 2 aliphatic heterocycles. The van der Waals surface area contributed by atoms with Crippen molar-refractivity contribution in [1.29, 1.82) is 0 Å². The summed E-state index contributed by atoms with van der Waals surface area (Å²) >= 11 is 7.53. The zero-order chi connectivity index (χ0) is 13.0. The molecule has 1 saturated heterocycles. The molecule has 104 valence electrons. The number of halogens is 2. The van der Waals surface area contributed by atoms with Crippen LogP contribution in [0.5, 0.6) is 0 Å². The lowest BCUT2D eigenvalue weighted by molar-refractivity contribution is -0.0686. The first kappa shape index (κ1) is 15.0. The normalized spacial score (nSPS) is 27.2. The van der Waals surface area contributed by atoms with Gasteiger partial charge >= 0.3 is 0 Å². The maximum Gasteiger partial charge on any atom is 0.167 e. The lowest BCUT2D eigenvalue weighted by Gasteiger charge is -2.47. The molecule has 2 heterocycles. The van der Waals surface area contributed by atoms with E-state index >= 15 is 0 Å². The summed E-state index contributed by atoms with van der Waals surface area (Å²) in [5.41, 5.74) is 0.794. The van der Waals surface area contributed by atoms with Crippen LogP contribution in [0, 0.1) is 0 Å². The molecule has 0 spiro atoms. The van der Waals surface area contributed by atoms with Crippen LogP contribution in [0.1, 0.15) is 19.4 Å². The van der Waals surface area contributed by atoms with Crippen LogP contribution in [0.4, 0.5) is 5.69 Å². The lowest BCUT2D eigenvalue weighted by Crippen LogP contribution is -2.58. The number of benzene rings is 1. The van der Waals surface area contributed by atoms with E-state index in [2.05, 4.69) is 24.9 Å². The van der Waals surface area contributed by atoms with Crippen LogP contribution in [0.2, 0.25) is 0 Å². The van der Waals surface area contributed by atoms with Crippen LogP contribution in [-0.4, -0.2) is 32.5 Å². The van der Waals surface area contributed by atoms with Gasteiger partial charge in [-0.05, 0) is 19.9 Å². The van der Waals surface area contributed by atoms with Gasteiger partial charge in [-0.15, -0.1) is 24.0 Å². The highest BCUT2D eigenvalue weighted by atomic mass is 35.5. The second kappa shape index (κ2) is 4.85.